The molecule has 2 rings (SSSR count). The van der Waals surface area contributed by atoms with Crippen LogP contribution in [-0.4, -0.2) is 17.5 Å². The fraction of sp³-hybridized carbons (Fsp3) is 0.250. The van der Waals surface area contributed by atoms with Gasteiger partial charge in [0, 0.05) is 0 Å². The number of halogens is 1. The molecular weight excluding hydrogens is 224 g/mol. The van der Waals surface area contributed by atoms with Crippen LogP contribution < -0.4 is 17.3 Å². The summed E-state index contributed by atoms with van der Waals surface area (Å²) in [7, 11) is 0. The highest BCUT2D eigenvalue weighted by Crippen LogP contribution is 2.14. The van der Waals surface area contributed by atoms with Crippen LogP contribution in [0.4, 0.5) is 0 Å². The Balaban J connectivity index is 0.00000128. The summed E-state index contributed by atoms with van der Waals surface area (Å²) in [5.74, 6) is 0. The number of aliphatic hydroxyl groups excluding tert-OH is 1. The van der Waals surface area contributed by atoms with Gasteiger partial charge in [-0.1, -0.05) is 30.3 Å². The number of aliphatic imine (C=N–C) groups is 1. The van der Waals surface area contributed by atoms with Gasteiger partial charge in [-0.15, -0.1) is 0 Å². The van der Waals surface area contributed by atoms with Crippen molar-refractivity contribution in [2.75, 3.05) is 0 Å². The van der Waals surface area contributed by atoms with Crippen molar-refractivity contribution in [1.29, 1.82) is 0 Å². The summed E-state index contributed by atoms with van der Waals surface area (Å²) in [5, 5.41) is 10.1. The molecule has 0 radical (unpaired) electrons. The maximum absolute atomic E-state index is 10.1. The molecule has 1 aliphatic rings. The van der Waals surface area contributed by atoms with E-state index in [9.17, 15) is 5.11 Å². The molecule has 3 nitrogen and oxygen atoms in total. The van der Waals surface area contributed by atoms with Crippen LogP contribution >= 0.6 is 0 Å². The first-order valence-corrected chi connectivity index (χ1v) is 5.08. The minimum absolute atomic E-state index is 0. The maximum atomic E-state index is 10.1. The second-order valence-corrected chi connectivity index (χ2v) is 3.74. The van der Waals surface area contributed by atoms with Crippen LogP contribution in [0.15, 0.2) is 47.7 Å². The topological polar surface area (TPSA) is 37.0 Å². The van der Waals surface area contributed by atoms with E-state index < -0.39 is 6.10 Å². The van der Waals surface area contributed by atoms with Crippen molar-refractivity contribution in [3.8, 4) is 0 Å². The van der Waals surface area contributed by atoms with Crippen LogP contribution in [0.3, 0.4) is 0 Å². The van der Waals surface area contributed by atoms with E-state index in [4.69, 9.17) is 0 Å². The zero-order chi connectivity index (χ0) is 10.7. The van der Waals surface area contributed by atoms with E-state index in [2.05, 4.69) is 4.99 Å². The van der Waals surface area contributed by atoms with E-state index in [0.29, 0.717) is 0 Å². The van der Waals surface area contributed by atoms with E-state index in [1.807, 2.05) is 43.5 Å². The number of hydrogen-bond donors (Lipinski definition) is 2. The van der Waals surface area contributed by atoms with E-state index in [0.717, 1.165) is 10.5 Å². The van der Waals surface area contributed by atoms with E-state index >= 15 is 0 Å². The Bertz CT molecular complexity index is 366. The number of aliphatic hydroxyl groups is 1. The van der Waals surface area contributed by atoms with Crippen molar-refractivity contribution in [3.05, 3.63) is 48.3 Å². The van der Waals surface area contributed by atoms with E-state index in [1.54, 1.807) is 12.5 Å². The number of quaternary nitrogens is 1. The lowest BCUT2D eigenvalue weighted by Gasteiger charge is -2.21. The van der Waals surface area contributed by atoms with Gasteiger partial charge >= 0.3 is 0 Å². The second kappa shape index (κ2) is 5.80. The average molecular weight is 239 g/mol. The van der Waals surface area contributed by atoms with Gasteiger partial charge in [0.05, 0.1) is 6.20 Å². The molecular formula is C12H15ClN2O. The van der Waals surface area contributed by atoms with Crippen LogP contribution in [0.5, 0.6) is 0 Å². The molecule has 1 aromatic carbocycles. The second-order valence-electron chi connectivity index (χ2n) is 3.74. The molecule has 1 aromatic rings. The standard InChI is InChI=1S/C12H14N2O.ClH/c1-10(14-8-7-13-9-14)12(15)11-5-3-2-4-6-11;/h2-10,12,15H,1H3;1H. The third-order valence-corrected chi connectivity index (χ3v) is 2.72. The zero-order valence-electron chi connectivity index (χ0n) is 9.05. The molecule has 0 saturated heterocycles. The molecule has 1 aliphatic heterocycles. The summed E-state index contributed by atoms with van der Waals surface area (Å²) >= 11 is 0. The van der Waals surface area contributed by atoms with Crippen molar-refractivity contribution in [2.24, 2.45) is 4.99 Å². The first kappa shape index (κ1) is 12.9. The number of nitrogens with one attached hydrogen (secondary N) is 1. The van der Waals surface area contributed by atoms with Crippen molar-refractivity contribution in [2.45, 2.75) is 19.1 Å². The highest BCUT2D eigenvalue weighted by Gasteiger charge is 2.25. The fourth-order valence-corrected chi connectivity index (χ4v) is 1.69. The van der Waals surface area contributed by atoms with Crippen LogP contribution in [-0.2, 0) is 0 Å². The largest absolute Gasteiger partial charge is 1.00 e. The minimum atomic E-state index is -0.463. The molecule has 0 spiro atoms. The predicted molar refractivity (Wildman–Crippen MR) is 59.5 cm³/mol. The Labute approximate surface area is 102 Å². The van der Waals surface area contributed by atoms with Crippen molar-refractivity contribution >= 4 is 6.34 Å². The first-order chi connectivity index (χ1) is 7.29. The normalized spacial score (nSPS) is 21.5. The van der Waals surface area contributed by atoms with Crippen molar-refractivity contribution < 1.29 is 22.4 Å². The van der Waals surface area contributed by atoms with Gasteiger partial charge in [-0.2, -0.15) is 0 Å². The average Bonchev–Trinajstić information content (AvgIpc) is 2.82. The van der Waals surface area contributed by atoms with Gasteiger partial charge in [0.2, 0.25) is 0 Å². The van der Waals surface area contributed by atoms with Gasteiger partial charge in [-0.3, -0.25) is 4.90 Å². The van der Waals surface area contributed by atoms with Gasteiger partial charge in [-0.25, -0.2) is 4.99 Å². The summed E-state index contributed by atoms with van der Waals surface area (Å²) in [6, 6.07) is 9.79. The SMILES string of the molecule is CC(C(O)c1ccccc1)[NH+]1C=CN=C1.[Cl-]. The molecule has 0 saturated carbocycles. The summed E-state index contributed by atoms with van der Waals surface area (Å²) < 4.78 is 0. The Hall–Kier alpha value is -1.16. The van der Waals surface area contributed by atoms with Gasteiger partial charge in [0.1, 0.15) is 18.3 Å². The third-order valence-electron chi connectivity index (χ3n) is 2.72. The maximum Gasteiger partial charge on any atom is 0.193 e. The molecule has 0 aliphatic carbocycles. The van der Waals surface area contributed by atoms with Gasteiger partial charge in [0.25, 0.3) is 0 Å². The highest BCUT2D eigenvalue weighted by molar-refractivity contribution is 5.47. The Morgan fingerprint density at radius 3 is 2.50 bits per heavy atom. The molecule has 0 aromatic heterocycles. The van der Waals surface area contributed by atoms with E-state index in [1.165, 1.54) is 0 Å². The lowest BCUT2D eigenvalue weighted by molar-refractivity contribution is -0.772. The summed E-state index contributed by atoms with van der Waals surface area (Å²) in [6.45, 7) is 2.01. The Kier molecular flexibility index (Phi) is 4.68. The first-order valence-electron chi connectivity index (χ1n) is 5.08. The number of benzene rings is 1. The third kappa shape index (κ3) is 2.70. The monoisotopic (exact) mass is 238 g/mol. The Morgan fingerprint density at radius 1 is 1.25 bits per heavy atom. The van der Waals surface area contributed by atoms with Crippen LogP contribution in [0.25, 0.3) is 0 Å². The summed E-state index contributed by atoms with van der Waals surface area (Å²) in [5.41, 5.74) is 0.950. The quantitative estimate of drug-likeness (QED) is 0.601. The van der Waals surface area contributed by atoms with Gasteiger partial charge < -0.3 is 17.5 Å². The van der Waals surface area contributed by atoms with Crippen molar-refractivity contribution in [3.63, 3.8) is 0 Å². The highest BCUT2D eigenvalue weighted by atomic mass is 35.5. The van der Waals surface area contributed by atoms with Gasteiger partial charge in [-0.05, 0) is 12.5 Å². The summed E-state index contributed by atoms with van der Waals surface area (Å²) in [6.07, 6.45) is 5.03. The van der Waals surface area contributed by atoms with E-state index in [-0.39, 0.29) is 18.4 Å². The minimum Gasteiger partial charge on any atom is -1.00 e. The molecule has 3 unspecified atom stereocenters. The molecule has 0 fully saturated rings. The lowest BCUT2D eigenvalue weighted by atomic mass is 10.0. The van der Waals surface area contributed by atoms with Crippen LogP contribution in [0, 0.1) is 0 Å². The molecule has 0 amide bonds. The van der Waals surface area contributed by atoms with Crippen molar-refractivity contribution in [1.82, 2.24) is 0 Å². The zero-order valence-corrected chi connectivity index (χ0v) is 9.80. The molecule has 86 valence electrons. The molecule has 4 heteroatoms. The molecule has 3 atom stereocenters. The number of hydrogen-bond acceptors (Lipinski definition) is 2. The molecule has 1 heterocycles. The van der Waals surface area contributed by atoms with Gasteiger partial charge in [0.15, 0.2) is 6.34 Å². The number of nitrogens with zero attached hydrogens (tertiary/aromatic N) is 1. The van der Waals surface area contributed by atoms with Crippen LogP contribution in [0.2, 0.25) is 0 Å². The Morgan fingerprint density at radius 2 is 1.94 bits per heavy atom. The fourth-order valence-electron chi connectivity index (χ4n) is 1.69. The molecule has 0 bridgehead atoms. The smallest absolute Gasteiger partial charge is 0.193 e. The summed E-state index contributed by atoms with van der Waals surface area (Å²) in [4.78, 5) is 5.08. The van der Waals surface area contributed by atoms with Crippen LogP contribution in [0.1, 0.15) is 18.6 Å². The lowest BCUT2D eigenvalue weighted by Crippen LogP contribution is -3.10. The molecule has 2 N–H and O–H groups in total. The predicted octanol–water partition coefficient (Wildman–Crippen LogP) is -2.49. The molecule has 16 heavy (non-hydrogen) atoms. The number of rotatable bonds is 3.